The van der Waals surface area contributed by atoms with Crippen LogP contribution >= 0.6 is 23.2 Å². The lowest BCUT2D eigenvalue weighted by atomic mass is 10.2. The lowest BCUT2D eigenvalue weighted by Crippen LogP contribution is -2.26. The molecule has 2 aromatic rings. The summed E-state index contributed by atoms with van der Waals surface area (Å²) >= 11 is 11.9. The molecule has 0 unspecified atom stereocenters. The topological polar surface area (TPSA) is 51.5 Å². The Bertz CT molecular complexity index is 653. The third-order valence-electron chi connectivity index (χ3n) is 2.84. The van der Waals surface area contributed by atoms with Gasteiger partial charge in [0.15, 0.2) is 5.76 Å². The van der Waals surface area contributed by atoms with Gasteiger partial charge < -0.3 is 14.5 Å². The average Bonchev–Trinajstić information content (AvgIpc) is 2.95. The minimum absolute atomic E-state index is 0.164. The maximum atomic E-state index is 11.9. The van der Waals surface area contributed by atoms with E-state index in [2.05, 4.69) is 5.32 Å². The van der Waals surface area contributed by atoms with Crippen molar-refractivity contribution in [1.29, 1.82) is 0 Å². The Balaban J connectivity index is 1.95. The monoisotopic (exact) mass is 341 g/mol. The molecule has 0 bridgehead atoms. The van der Waals surface area contributed by atoms with Gasteiger partial charge in [0.05, 0.1) is 5.02 Å². The van der Waals surface area contributed by atoms with Gasteiger partial charge in [0.2, 0.25) is 0 Å². The Morgan fingerprint density at radius 2 is 2.05 bits per heavy atom. The first kappa shape index (κ1) is 16.7. The summed E-state index contributed by atoms with van der Waals surface area (Å²) < 4.78 is 11.0. The fourth-order valence-electron chi connectivity index (χ4n) is 1.71. The van der Waals surface area contributed by atoms with Crippen molar-refractivity contribution < 1.29 is 13.9 Å². The number of ether oxygens (including phenoxy) is 1. The standard InChI is InChI=1S/C16H17Cl2NO3/c1-10(2)8-19-16(20)14-7-6-11(22-14)9-21-13-5-3-4-12(17)15(13)18/h3-7,10H,8-9H2,1-2H3,(H,19,20). The fourth-order valence-corrected chi connectivity index (χ4v) is 2.05. The molecule has 0 saturated carbocycles. The van der Waals surface area contributed by atoms with Crippen LogP contribution in [-0.2, 0) is 6.61 Å². The fraction of sp³-hybridized carbons (Fsp3) is 0.312. The summed E-state index contributed by atoms with van der Waals surface area (Å²) in [6.45, 7) is 4.81. The lowest BCUT2D eigenvalue weighted by Gasteiger charge is -2.07. The summed E-state index contributed by atoms with van der Waals surface area (Å²) in [5.41, 5.74) is 0. The predicted octanol–water partition coefficient (Wildman–Crippen LogP) is 4.55. The molecule has 0 radical (unpaired) electrons. The van der Waals surface area contributed by atoms with Gasteiger partial charge in [-0.2, -0.15) is 0 Å². The normalized spacial score (nSPS) is 10.8. The highest BCUT2D eigenvalue weighted by atomic mass is 35.5. The van der Waals surface area contributed by atoms with Gasteiger partial charge in [-0.05, 0) is 30.2 Å². The molecule has 6 heteroatoms. The largest absolute Gasteiger partial charge is 0.484 e. The maximum Gasteiger partial charge on any atom is 0.287 e. The van der Waals surface area contributed by atoms with Crippen molar-refractivity contribution in [3.63, 3.8) is 0 Å². The summed E-state index contributed by atoms with van der Waals surface area (Å²) in [6.07, 6.45) is 0. The molecule has 0 aliphatic rings. The zero-order chi connectivity index (χ0) is 16.1. The molecule has 2 rings (SSSR count). The Labute approximate surface area is 139 Å². The summed E-state index contributed by atoms with van der Waals surface area (Å²) in [4.78, 5) is 11.9. The molecule has 0 atom stereocenters. The molecular weight excluding hydrogens is 325 g/mol. The van der Waals surface area contributed by atoms with Gasteiger partial charge in [0, 0.05) is 6.54 Å². The van der Waals surface area contributed by atoms with Crippen molar-refractivity contribution in [3.8, 4) is 5.75 Å². The number of hydrogen-bond donors (Lipinski definition) is 1. The molecule has 0 aliphatic heterocycles. The van der Waals surface area contributed by atoms with Crippen LogP contribution in [0, 0.1) is 5.92 Å². The van der Waals surface area contributed by atoms with E-state index in [0.29, 0.717) is 34.0 Å². The molecule has 1 aromatic heterocycles. The van der Waals surface area contributed by atoms with E-state index in [1.807, 2.05) is 13.8 Å². The highest BCUT2D eigenvalue weighted by molar-refractivity contribution is 6.42. The van der Waals surface area contributed by atoms with Crippen molar-refractivity contribution in [3.05, 3.63) is 51.9 Å². The van der Waals surface area contributed by atoms with Crippen molar-refractivity contribution in [1.82, 2.24) is 5.32 Å². The van der Waals surface area contributed by atoms with Crippen LogP contribution in [0.5, 0.6) is 5.75 Å². The number of carbonyl (C=O) groups is 1. The number of halogens is 2. The van der Waals surface area contributed by atoms with E-state index in [-0.39, 0.29) is 18.3 Å². The number of carbonyl (C=O) groups excluding carboxylic acids is 1. The molecule has 1 amide bonds. The number of rotatable bonds is 6. The second kappa shape index (κ2) is 7.56. The van der Waals surface area contributed by atoms with Gasteiger partial charge in [-0.25, -0.2) is 0 Å². The van der Waals surface area contributed by atoms with E-state index in [0.717, 1.165) is 0 Å². The Kier molecular flexibility index (Phi) is 5.75. The summed E-state index contributed by atoms with van der Waals surface area (Å²) in [5.74, 6) is 1.41. The van der Waals surface area contributed by atoms with E-state index in [1.165, 1.54) is 0 Å². The Hall–Kier alpha value is -1.65. The van der Waals surface area contributed by atoms with E-state index in [4.69, 9.17) is 32.4 Å². The maximum absolute atomic E-state index is 11.9. The van der Waals surface area contributed by atoms with Crippen molar-refractivity contribution in [2.75, 3.05) is 6.54 Å². The molecule has 1 N–H and O–H groups in total. The van der Waals surface area contributed by atoms with Crippen LogP contribution in [-0.4, -0.2) is 12.5 Å². The molecule has 0 aliphatic carbocycles. The molecular formula is C16H17Cl2NO3. The van der Waals surface area contributed by atoms with Crippen LogP contribution in [0.3, 0.4) is 0 Å². The minimum atomic E-state index is -0.235. The van der Waals surface area contributed by atoms with Gasteiger partial charge in [0.25, 0.3) is 5.91 Å². The molecule has 118 valence electrons. The number of nitrogens with one attached hydrogen (secondary N) is 1. The van der Waals surface area contributed by atoms with Crippen LogP contribution in [0.15, 0.2) is 34.7 Å². The minimum Gasteiger partial charge on any atom is -0.484 e. The molecule has 1 aromatic carbocycles. The molecule has 1 heterocycles. The smallest absolute Gasteiger partial charge is 0.287 e. The zero-order valence-electron chi connectivity index (χ0n) is 12.4. The molecule has 0 saturated heterocycles. The van der Waals surface area contributed by atoms with Gasteiger partial charge in [-0.1, -0.05) is 43.1 Å². The lowest BCUT2D eigenvalue weighted by molar-refractivity contribution is 0.0917. The van der Waals surface area contributed by atoms with Crippen LogP contribution in [0.25, 0.3) is 0 Å². The van der Waals surface area contributed by atoms with E-state index >= 15 is 0 Å². The molecule has 22 heavy (non-hydrogen) atoms. The van der Waals surface area contributed by atoms with Crippen LogP contribution in [0.4, 0.5) is 0 Å². The summed E-state index contributed by atoms with van der Waals surface area (Å²) in [5, 5.41) is 3.57. The first-order chi connectivity index (χ1) is 10.5. The number of furan rings is 1. The molecule has 0 fully saturated rings. The third kappa shape index (κ3) is 4.42. The highest BCUT2D eigenvalue weighted by Crippen LogP contribution is 2.32. The van der Waals surface area contributed by atoms with Crippen LogP contribution in [0.2, 0.25) is 10.0 Å². The van der Waals surface area contributed by atoms with Crippen LogP contribution < -0.4 is 10.1 Å². The first-order valence-corrected chi connectivity index (χ1v) is 7.66. The van der Waals surface area contributed by atoms with Crippen LogP contribution in [0.1, 0.15) is 30.2 Å². The van der Waals surface area contributed by atoms with Gasteiger partial charge in [-0.3, -0.25) is 4.79 Å². The van der Waals surface area contributed by atoms with E-state index < -0.39 is 0 Å². The number of benzene rings is 1. The second-order valence-electron chi connectivity index (χ2n) is 5.21. The predicted molar refractivity (Wildman–Crippen MR) is 86.7 cm³/mol. The van der Waals surface area contributed by atoms with Gasteiger partial charge in [0.1, 0.15) is 23.1 Å². The quantitative estimate of drug-likeness (QED) is 0.838. The summed E-state index contributed by atoms with van der Waals surface area (Å²) in [6, 6.07) is 8.46. The first-order valence-electron chi connectivity index (χ1n) is 6.91. The third-order valence-corrected chi connectivity index (χ3v) is 3.64. The van der Waals surface area contributed by atoms with Crippen molar-refractivity contribution in [2.45, 2.75) is 20.5 Å². The second-order valence-corrected chi connectivity index (χ2v) is 6.00. The number of hydrogen-bond acceptors (Lipinski definition) is 3. The highest BCUT2D eigenvalue weighted by Gasteiger charge is 2.12. The van der Waals surface area contributed by atoms with Gasteiger partial charge >= 0.3 is 0 Å². The van der Waals surface area contributed by atoms with Crippen molar-refractivity contribution >= 4 is 29.1 Å². The Morgan fingerprint density at radius 1 is 1.27 bits per heavy atom. The molecule has 0 spiro atoms. The average molecular weight is 342 g/mol. The van der Waals surface area contributed by atoms with E-state index in [9.17, 15) is 4.79 Å². The van der Waals surface area contributed by atoms with Gasteiger partial charge in [-0.15, -0.1) is 0 Å². The Morgan fingerprint density at radius 3 is 2.77 bits per heavy atom. The van der Waals surface area contributed by atoms with E-state index in [1.54, 1.807) is 30.3 Å². The number of amides is 1. The zero-order valence-corrected chi connectivity index (χ0v) is 13.9. The SMILES string of the molecule is CC(C)CNC(=O)c1ccc(COc2cccc(Cl)c2Cl)o1. The molecule has 4 nitrogen and oxygen atoms in total. The van der Waals surface area contributed by atoms with Crippen molar-refractivity contribution in [2.24, 2.45) is 5.92 Å². The summed E-state index contributed by atoms with van der Waals surface area (Å²) in [7, 11) is 0.